The van der Waals surface area contributed by atoms with Gasteiger partial charge in [0.25, 0.3) is 10.2 Å². The minimum Gasteiger partial charge on any atom is -0.314 e. The van der Waals surface area contributed by atoms with Crippen molar-refractivity contribution in [1.82, 2.24) is 13.9 Å². The van der Waals surface area contributed by atoms with Crippen LogP contribution in [0.2, 0.25) is 0 Å². The van der Waals surface area contributed by atoms with Gasteiger partial charge in [-0.25, -0.2) is 0 Å². The van der Waals surface area contributed by atoms with Gasteiger partial charge >= 0.3 is 0 Å². The predicted molar refractivity (Wildman–Crippen MR) is 63.3 cm³/mol. The lowest BCUT2D eigenvalue weighted by atomic mass is 10.4. The monoisotopic (exact) mass is 247 g/mol. The van der Waals surface area contributed by atoms with E-state index in [1.54, 1.807) is 8.61 Å². The molecule has 2 rings (SSSR count). The molecule has 1 saturated carbocycles. The second kappa shape index (κ2) is 5.00. The number of piperazine rings is 1. The zero-order valence-electron chi connectivity index (χ0n) is 9.85. The molecule has 0 amide bonds. The average molecular weight is 247 g/mol. The Morgan fingerprint density at radius 3 is 2.44 bits per heavy atom. The van der Waals surface area contributed by atoms with E-state index in [9.17, 15) is 8.42 Å². The summed E-state index contributed by atoms with van der Waals surface area (Å²) in [5, 5.41) is 3.17. The van der Waals surface area contributed by atoms with Crippen LogP contribution in [0.3, 0.4) is 0 Å². The Morgan fingerprint density at radius 2 is 1.94 bits per heavy atom. The highest BCUT2D eigenvalue weighted by atomic mass is 32.2. The Bertz CT molecular complexity index is 321. The summed E-state index contributed by atoms with van der Waals surface area (Å²) in [6.07, 6.45) is 2.38. The molecule has 16 heavy (non-hydrogen) atoms. The Kier molecular flexibility index (Phi) is 3.84. The summed E-state index contributed by atoms with van der Waals surface area (Å²) in [6, 6.07) is 0. The average Bonchev–Trinajstić information content (AvgIpc) is 3.10. The maximum atomic E-state index is 12.3. The fourth-order valence-corrected chi connectivity index (χ4v) is 3.71. The predicted octanol–water partition coefficient (Wildman–Crippen LogP) is -0.132. The van der Waals surface area contributed by atoms with Crippen LogP contribution >= 0.6 is 0 Å². The number of nitrogens with zero attached hydrogens (tertiary/aromatic N) is 2. The van der Waals surface area contributed by atoms with Crippen molar-refractivity contribution in [1.29, 1.82) is 0 Å². The Morgan fingerprint density at radius 1 is 1.31 bits per heavy atom. The topological polar surface area (TPSA) is 52.7 Å². The van der Waals surface area contributed by atoms with Gasteiger partial charge in [0.2, 0.25) is 0 Å². The summed E-state index contributed by atoms with van der Waals surface area (Å²) in [5.74, 6) is 0.609. The summed E-state index contributed by atoms with van der Waals surface area (Å²) < 4.78 is 27.8. The van der Waals surface area contributed by atoms with E-state index in [2.05, 4.69) is 5.32 Å². The molecular weight excluding hydrogens is 226 g/mol. The van der Waals surface area contributed by atoms with Crippen LogP contribution in [-0.4, -0.2) is 56.3 Å². The highest BCUT2D eigenvalue weighted by molar-refractivity contribution is 7.86. The van der Waals surface area contributed by atoms with Crippen molar-refractivity contribution in [3.63, 3.8) is 0 Å². The summed E-state index contributed by atoms with van der Waals surface area (Å²) in [4.78, 5) is 0. The second-order valence-electron chi connectivity index (χ2n) is 4.55. The molecule has 1 saturated heterocycles. The molecule has 0 aromatic carbocycles. The lowest BCUT2D eigenvalue weighted by Crippen LogP contribution is -2.52. The molecule has 6 heteroatoms. The van der Waals surface area contributed by atoms with E-state index in [0.29, 0.717) is 32.1 Å². The van der Waals surface area contributed by atoms with Crippen molar-refractivity contribution in [2.45, 2.75) is 19.8 Å². The SMILES string of the molecule is CCN(CC1CC1)S(=O)(=O)N1CCNCC1. The van der Waals surface area contributed by atoms with Crippen molar-refractivity contribution < 1.29 is 8.42 Å². The van der Waals surface area contributed by atoms with Gasteiger partial charge in [-0.05, 0) is 18.8 Å². The Balaban J connectivity index is 2.01. The number of nitrogens with one attached hydrogen (secondary N) is 1. The van der Waals surface area contributed by atoms with E-state index in [1.165, 1.54) is 12.8 Å². The smallest absolute Gasteiger partial charge is 0.282 e. The Hall–Kier alpha value is -0.170. The highest BCUT2D eigenvalue weighted by Gasteiger charge is 2.33. The van der Waals surface area contributed by atoms with Crippen LogP contribution in [0.4, 0.5) is 0 Å². The van der Waals surface area contributed by atoms with Crippen molar-refractivity contribution in [2.24, 2.45) is 5.92 Å². The van der Waals surface area contributed by atoms with E-state index in [4.69, 9.17) is 0 Å². The normalized spacial score (nSPS) is 23.9. The first-order chi connectivity index (χ1) is 7.64. The van der Waals surface area contributed by atoms with Gasteiger partial charge in [0, 0.05) is 39.3 Å². The summed E-state index contributed by atoms with van der Waals surface area (Å²) in [6.45, 7) is 5.95. The molecule has 0 aromatic rings. The first-order valence-corrected chi connectivity index (χ1v) is 7.50. The Labute approximate surface area is 98.0 Å². The zero-order valence-corrected chi connectivity index (χ0v) is 10.7. The third kappa shape index (κ3) is 2.74. The van der Waals surface area contributed by atoms with Crippen molar-refractivity contribution in [2.75, 3.05) is 39.3 Å². The van der Waals surface area contributed by atoms with Gasteiger partial charge in [0.15, 0.2) is 0 Å². The summed E-state index contributed by atoms with van der Waals surface area (Å²) in [7, 11) is -3.20. The van der Waals surface area contributed by atoms with Crippen molar-refractivity contribution >= 4 is 10.2 Å². The van der Waals surface area contributed by atoms with E-state index in [1.807, 2.05) is 6.92 Å². The quantitative estimate of drug-likeness (QED) is 0.736. The van der Waals surface area contributed by atoms with Crippen molar-refractivity contribution in [3.8, 4) is 0 Å². The number of rotatable bonds is 5. The molecule has 0 aromatic heterocycles. The lowest BCUT2D eigenvalue weighted by Gasteiger charge is -2.31. The van der Waals surface area contributed by atoms with E-state index in [-0.39, 0.29) is 0 Å². The zero-order chi connectivity index (χ0) is 11.6. The van der Waals surface area contributed by atoms with E-state index >= 15 is 0 Å². The molecule has 0 atom stereocenters. The highest BCUT2D eigenvalue weighted by Crippen LogP contribution is 2.30. The molecule has 2 aliphatic rings. The van der Waals surface area contributed by atoms with Gasteiger partial charge in [-0.1, -0.05) is 6.92 Å². The number of hydrogen-bond donors (Lipinski definition) is 1. The molecule has 0 spiro atoms. The lowest BCUT2D eigenvalue weighted by molar-refractivity contribution is 0.311. The number of hydrogen-bond acceptors (Lipinski definition) is 3. The molecule has 0 unspecified atom stereocenters. The first-order valence-electron chi connectivity index (χ1n) is 6.10. The third-order valence-corrected chi connectivity index (χ3v) is 5.32. The molecule has 94 valence electrons. The van der Waals surface area contributed by atoms with Gasteiger partial charge in [-0.15, -0.1) is 0 Å². The van der Waals surface area contributed by atoms with Gasteiger partial charge in [0.05, 0.1) is 0 Å². The maximum Gasteiger partial charge on any atom is 0.282 e. The van der Waals surface area contributed by atoms with Crippen LogP contribution in [0.5, 0.6) is 0 Å². The minimum atomic E-state index is -3.20. The minimum absolute atomic E-state index is 0.586. The van der Waals surface area contributed by atoms with Crippen LogP contribution in [0, 0.1) is 5.92 Å². The van der Waals surface area contributed by atoms with Gasteiger partial charge < -0.3 is 5.32 Å². The van der Waals surface area contributed by atoms with Gasteiger partial charge in [-0.2, -0.15) is 17.0 Å². The van der Waals surface area contributed by atoms with Crippen LogP contribution in [0.1, 0.15) is 19.8 Å². The third-order valence-electron chi connectivity index (χ3n) is 3.24. The van der Waals surface area contributed by atoms with Crippen LogP contribution in [-0.2, 0) is 10.2 Å². The molecule has 2 fully saturated rings. The van der Waals surface area contributed by atoms with E-state index in [0.717, 1.165) is 13.1 Å². The molecule has 0 bridgehead atoms. The fraction of sp³-hybridized carbons (Fsp3) is 1.00. The molecule has 1 aliphatic heterocycles. The van der Waals surface area contributed by atoms with Gasteiger partial charge in [0.1, 0.15) is 0 Å². The molecule has 5 nitrogen and oxygen atoms in total. The molecule has 1 aliphatic carbocycles. The first kappa shape index (κ1) is 12.3. The standard InChI is InChI=1S/C10H21N3O2S/c1-2-12(9-10-3-4-10)16(14,15)13-7-5-11-6-8-13/h10-11H,2-9H2,1H3. The fourth-order valence-electron chi connectivity index (χ4n) is 2.01. The molecule has 1 N–H and O–H groups in total. The summed E-state index contributed by atoms with van der Waals surface area (Å²) >= 11 is 0. The van der Waals surface area contributed by atoms with Crippen LogP contribution in [0.25, 0.3) is 0 Å². The largest absolute Gasteiger partial charge is 0.314 e. The van der Waals surface area contributed by atoms with Gasteiger partial charge in [-0.3, -0.25) is 0 Å². The molecule has 0 radical (unpaired) electrons. The van der Waals surface area contributed by atoms with Crippen LogP contribution in [0.15, 0.2) is 0 Å². The summed E-state index contributed by atoms with van der Waals surface area (Å²) in [5.41, 5.74) is 0. The van der Waals surface area contributed by atoms with E-state index < -0.39 is 10.2 Å². The molecule has 1 heterocycles. The molecular formula is C10H21N3O2S. The van der Waals surface area contributed by atoms with Crippen LogP contribution < -0.4 is 5.32 Å². The maximum absolute atomic E-state index is 12.3. The second-order valence-corrected chi connectivity index (χ2v) is 6.48. The van der Waals surface area contributed by atoms with Crippen molar-refractivity contribution in [3.05, 3.63) is 0 Å².